The van der Waals surface area contributed by atoms with Crippen LogP contribution in [0.1, 0.15) is 33.6 Å². The largest absolute Gasteiger partial charge is 1.00 e. The fourth-order valence-corrected chi connectivity index (χ4v) is 1.73. The molecule has 0 aliphatic carbocycles. The summed E-state index contributed by atoms with van der Waals surface area (Å²) < 4.78 is 5.93. The zero-order valence-electron chi connectivity index (χ0n) is 10.2. The average molecular weight is 194 g/mol. The van der Waals surface area contributed by atoms with Gasteiger partial charge >= 0.3 is 18.9 Å². The van der Waals surface area contributed by atoms with Crippen molar-refractivity contribution in [1.29, 1.82) is 0 Å². The Morgan fingerprint density at radius 3 is 2.00 bits per heavy atom. The Labute approximate surface area is 96.9 Å². The number of unbranched alkanes of at least 4 members (excludes halogenated alkanes) is 1. The molecule has 0 spiro atoms. The van der Waals surface area contributed by atoms with Crippen LogP contribution in [0.5, 0.6) is 0 Å². The molecule has 74 valence electrons. The van der Waals surface area contributed by atoms with E-state index in [0.29, 0.717) is 5.04 Å². The first-order valence-corrected chi connectivity index (χ1v) is 7.65. The topological polar surface area (TPSA) is 9.23 Å². The summed E-state index contributed by atoms with van der Waals surface area (Å²) in [6.45, 7) is 16.1. The Bertz CT molecular complexity index is 129. The van der Waals surface area contributed by atoms with Crippen LogP contribution in [0.3, 0.4) is 0 Å². The van der Waals surface area contributed by atoms with Crippen molar-refractivity contribution >= 4 is 8.32 Å². The molecule has 0 unspecified atom stereocenters. The van der Waals surface area contributed by atoms with Crippen LogP contribution in [0.25, 0.3) is 0 Å². The molecule has 0 rings (SSSR count). The van der Waals surface area contributed by atoms with Crippen molar-refractivity contribution in [2.75, 3.05) is 6.61 Å². The number of hydrogen-bond acceptors (Lipinski definition) is 1. The molecule has 13 heavy (non-hydrogen) atoms. The van der Waals surface area contributed by atoms with Gasteiger partial charge in [0.15, 0.2) is 8.32 Å². The van der Waals surface area contributed by atoms with E-state index in [-0.39, 0.29) is 18.9 Å². The van der Waals surface area contributed by atoms with Crippen molar-refractivity contribution in [3.05, 3.63) is 6.92 Å². The van der Waals surface area contributed by atoms with E-state index in [1.54, 1.807) is 0 Å². The minimum Gasteiger partial charge on any atom is -0.417 e. The second-order valence-electron chi connectivity index (χ2n) is 4.82. The van der Waals surface area contributed by atoms with E-state index >= 15 is 0 Å². The summed E-state index contributed by atoms with van der Waals surface area (Å²) in [6.07, 6.45) is 2.07. The van der Waals surface area contributed by atoms with Gasteiger partial charge in [-0.3, -0.25) is 0 Å². The first-order chi connectivity index (χ1) is 5.31. The smallest absolute Gasteiger partial charge is 0.417 e. The first kappa shape index (κ1) is 16.2. The van der Waals surface area contributed by atoms with Gasteiger partial charge in [-0.25, -0.2) is 0 Å². The van der Waals surface area contributed by atoms with Gasteiger partial charge in [0.05, 0.1) is 0 Å². The van der Waals surface area contributed by atoms with Crippen molar-refractivity contribution in [2.45, 2.75) is 51.7 Å². The number of hydrogen-bond donors (Lipinski definition) is 0. The summed E-state index contributed by atoms with van der Waals surface area (Å²) in [5.74, 6) is 0. The Hall–Kier alpha value is 0.774. The van der Waals surface area contributed by atoms with Crippen molar-refractivity contribution in [3.8, 4) is 0 Å². The van der Waals surface area contributed by atoms with Crippen LogP contribution in [-0.4, -0.2) is 14.9 Å². The van der Waals surface area contributed by atoms with E-state index in [1.165, 1.54) is 0 Å². The molecule has 0 N–H and O–H groups in total. The Kier molecular flexibility index (Phi) is 7.85. The first-order valence-electron chi connectivity index (χ1n) is 4.74. The Morgan fingerprint density at radius 1 is 1.23 bits per heavy atom. The molecule has 3 heteroatoms. The van der Waals surface area contributed by atoms with Gasteiger partial charge in [-0.15, -0.1) is 0 Å². The molecule has 0 aliphatic rings. The fraction of sp³-hybridized carbons (Fsp3) is 0.900. The molecule has 0 aromatic rings. The van der Waals surface area contributed by atoms with E-state index in [2.05, 4.69) is 40.8 Å². The predicted molar refractivity (Wildman–Crippen MR) is 57.7 cm³/mol. The summed E-state index contributed by atoms with van der Waals surface area (Å²) in [5, 5.41) is 0.341. The van der Waals surface area contributed by atoms with Crippen LogP contribution in [0, 0.1) is 6.92 Å². The molecule has 0 saturated carbocycles. The second kappa shape index (κ2) is 6.29. The molecule has 0 heterocycles. The van der Waals surface area contributed by atoms with Crippen LogP contribution in [0.15, 0.2) is 0 Å². The van der Waals surface area contributed by atoms with E-state index in [4.69, 9.17) is 4.43 Å². The predicted octanol–water partition coefficient (Wildman–Crippen LogP) is 0.626. The van der Waals surface area contributed by atoms with Crippen LogP contribution in [-0.2, 0) is 4.43 Å². The maximum absolute atomic E-state index is 5.93. The Balaban J connectivity index is 0. The molecule has 0 aromatic heterocycles. The molecule has 0 aliphatic heterocycles. The summed E-state index contributed by atoms with van der Waals surface area (Å²) in [6, 6.07) is 0. The Morgan fingerprint density at radius 2 is 1.69 bits per heavy atom. The van der Waals surface area contributed by atoms with Gasteiger partial charge in [-0.1, -0.05) is 27.2 Å². The third-order valence-corrected chi connectivity index (χ3v) is 7.20. The molecular weight excluding hydrogens is 171 g/mol. The van der Waals surface area contributed by atoms with Gasteiger partial charge in [-0.2, -0.15) is 6.42 Å². The average Bonchev–Trinajstić information content (AvgIpc) is 1.85. The van der Waals surface area contributed by atoms with Crippen molar-refractivity contribution < 1.29 is 23.3 Å². The zero-order valence-corrected chi connectivity index (χ0v) is 11.2. The maximum atomic E-state index is 5.93. The van der Waals surface area contributed by atoms with E-state index in [9.17, 15) is 0 Å². The third-order valence-electron chi connectivity index (χ3n) is 2.66. The third kappa shape index (κ3) is 5.96. The van der Waals surface area contributed by atoms with Crippen LogP contribution in [0.2, 0.25) is 18.1 Å². The number of rotatable bonds is 4. The normalized spacial score (nSPS) is 12.5. The zero-order chi connectivity index (χ0) is 9.83. The molecule has 0 amide bonds. The molecule has 0 atom stereocenters. The van der Waals surface area contributed by atoms with Gasteiger partial charge < -0.3 is 11.3 Å². The van der Waals surface area contributed by atoms with Gasteiger partial charge in [-0.05, 0) is 18.1 Å². The molecule has 0 saturated heterocycles. The molecule has 0 radical (unpaired) electrons. The van der Waals surface area contributed by atoms with Gasteiger partial charge in [0.1, 0.15) is 0 Å². The van der Waals surface area contributed by atoms with Gasteiger partial charge in [0.25, 0.3) is 0 Å². The molecule has 0 bridgehead atoms. The summed E-state index contributed by atoms with van der Waals surface area (Å²) >= 11 is 0. The van der Waals surface area contributed by atoms with E-state index < -0.39 is 8.32 Å². The molecule has 1 nitrogen and oxygen atoms in total. The van der Waals surface area contributed by atoms with Crippen LogP contribution < -0.4 is 18.9 Å². The quantitative estimate of drug-likeness (QED) is 0.362. The SMILES string of the molecule is [CH2-]CCCO[Si](C)(C)C(C)(C)C.[Li+]. The minimum atomic E-state index is -1.47. The maximum Gasteiger partial charge on any atom is 1.00 e. The van der Waals surface area contributed by atoms with Crippen LogP contribution in [0.4, 0.5) is 0 Å². The molecule has 0 aromatic carbocycles. The molecular formula is C10H23LiOSi. The fourth-order valence-electron chi connectivity index (χ4n) is 0.646. The van der Waals surface area contributed by atoms with Crippen molar-refractivity contribution in [3.63, 3.8) is 0 Å². The minimum absolute atomic E-state index is 0. The second-order valence-corrected chi connectivity index (χ2v) is 9.63. The summed E-state index contributed by atoms with van der Waals surface area (Å²) in [5.41, 5.74) is 0. The van der Waals surface area contributed by atoms with Crippen molar-refractivity contribution in [2.24, 2.45) is 0 Å². The van der Waals surface area contributed by atoms with Crippen molar-refractivity contribution in [1.82, 2.24) is 0 Å². The van der Waals surface area contributed by atoms with Gasteiger partial charge in [0.2, 0.25) is 0 Å². The van der Waals surface area contributed by atoms with Gasteiger partial charge in [0, 0.05) is 6.61 Å². The summed E-state index contributed by atoms with van der Waals surface area (Å²) in [4.78, 5) is 0. The summed E-state index contributed by atoms with van der Waals surface area (Å²) in [7, 11) is -1.47. The molecule has 0 fully saturated rings. The standard InChI is InChI=1S/C10H23OSi.Li/c1-7-8-9-11-12(5,6)10(2,3)4;/h1,7-9H2,2-6H3;/q-1;+1. The van der Waals surface area contributed by atoms with Crippen LogP contribution >= 0.6 is 0 Å². The monoisotopic (exact) mass is 194 g/mol. The van der Waals surface area contributed by atoms with E-state index in [0.717, 1.165) is 19.4 Å². The van der Waals surface area contributed by atoms with E-state index in [1.807, 2.05) is 0 Å².